The van der Waals surface area contributed by atoms with Gasteiger partial charge in [-0.15, -0.1) is 0 Å². The Morgan fingerprint density at radius 2 is 2.08 bits per heavy atom. The minimum atomic E-state index is -0.229. The van der Waals surface area contributed by atoms with Crippen molar-refractivity contribution >= 4 is 17.6 Å². The lowest BCUT2D eigenvalue weighted by Crippen LogP contribution is -2.48. The third-order valence-electron chi connectivity index (χ3n) is 3.75. The van der Waals surface area contributed by atoms with E-state index < -0.39 is 0 Å². The molecule has 1 fully saturated rings. The summed E-state index contributed by atoms with van der Waals surface area (Å²) in [4.78, 5) is 25.3. The Labute approximate surface area is 149 Å². The molecule has 7 nitrogen and oxygen atoms in total. The van der Waals surface area contributed by atoms with Crippen LogP contribution < -0.4 is 20.7 Å². The average molecular weight is 348 g/mol. The Kier molecular flexibility index (Phi) is 7.53. The van der Waals surface area contributed by atoms with Gasteiger partial charge in [-0.05, 0) is 36.6 Å². The van der Waals surface area contributed by atoms with Crippen LogP contribution in [0.1, 0.15) is 20.3 Å². The highest BCUT2D eigenvalue weighted by Gasteiger charge is 2.15. The number of benzene rings is 1. The third-order valence-corrected chi connectivity index (χ3v) is 3.75. The zero-order valence-electron chi connectivity index (χ0n) is 15.0. The maximum Gasteiger partial charge on any atom is 0.319 e. The number of ether oxygens (including phenoxy) is 1. The van der Waals surface area contributed by atoms with Gasteiger partial charge in [-0.1, -0.05) is 13.8 Å². The van der Waals surface area contributed by atoms with Crippen molar-refractivity contribution in [1.82, 2.24) is 15.5 Å². The van der Waals surface area contributed by atoms with Gasteiger partial charge in [-0.25, -0.2) is 4.79 Å². The fraction of sp³-hybridized carbons (Fsp3) is 0.556. The van der Waals surface area contributed by atoms with Crippen molar-refractivity contribution in [3.8, 4) is 5.75 Å². The van der Waals surface area contributed by atoms with Crippen LogP contribution in [-0.4, -0.2) is 56.2 Å². The maximum atomic E-state index is 11.9. The zero-order chi connectivity index (χ0) is 18.1. The highest BCUT2D eigenvalue weighted by atomic mass is 16.5. The lowest BCUT2D eigenvalue weighted by molar-refractivity contribution is -0.124. The van der Waals surface area contributed by atoms with Crippen molar-refractivity contribution < 1.29 is 14.3 Å². The van der Waals surface area contributed by atoms with Gasteiger partial charge in [0.15, 0.2) is 0 Å². The van der Waals surface area contributed by atoms with Crippen LogP contribution in [0.3, 0.4) is 0 Å². The smallest absolute Gasteiger partial charge is 0.319 e. The van der Waals surface area contributed by atoms with Crippen molar-refractivity contribution in [2.24, 2.45) is 5.92 Å². The average Bonchev–Trinajstić information content (AvgIpc) is 2.58. The van der Waals surface area contributed by atoms with Crippen LogP contribution in [0.25, 0.3) is 0 Å². The Morgan fingerprint density at radius 3 is 2.76 bits per heavy atom. The lowest BCUT2D eigenvalue weighted by Gasteiger charge is -2.26. The van der Waals surface area contributed by atoms with Gasteiger partial charge in [0.1, 0.15) is 5.75 Å². The first-order valence-electron chi connectivity index (χ1n) is 8.79. The van der Waals surface area contributed by atoms with Crippen LogP contribution in [-0.2, 0) is 4.79 Å². The second-order valence-corrected chi connectivity index (χ2v) is 6.59. The summed E-state index contributed by atoms with van der Waals surface area (Å²) >= 11 is 0. The van der Waals surface area contributed by atoms with Gasteiger partial charge < -0.3 is 20.7 Å². The first-order valence-corrected chi connectivity index (χ1v) is 8.79. The van der Waals surface area contributed by atoms with Crippen LogP contribution >= 0.6 is 0 Å². The number of carbonyl (C=O) groups excluding carboxylic acids is 2. The van der Waals surface area contributed by atoms with E-state index in [1.807, 2.05) is 24.3 Å². The quantitative estimate of drug-likeness (QED) is 0.624. The molecule has 3 N–H and O–H groups in total. The van der Waals surface area contributed by atoms with E-state index in [4.69, 9.17) is 4.74 Å². The molecule has 0 unspecified atom stereocenters. The van der Waals surface area contributed by atoms with Gasteiger partial charge in [-0.2, -0.15) is 0 Å². The number of rotatable bonds is 8. The molecule has 0 spiro atoms. The predicted octanol–water partition coefficient (Wildman–Crippen LogP) is 1.66. The number of urea groups is 1. The summed E-state index contributed by atoms with van der Waals surface area (Å²) in [5, 5.41) is 8.42. The molecule has 7 heteroatoms. The highest BCUT2D eigenvalue weighted by molar-refractivity contribution is 5.89. The molecular formula is C18H28N4O3. The first kappa shape index (κ1) is 19.1. The van der Waals surface area contributed by atoms with Crippen molar-refractivity contribution in [3.63, 3.8) is 0 Å². The van der Waals surface area contributed by atoms with Crippen LogP contribution in [0.2, 0.25) is 0 Å². The van der Waals surface area contributed by atoms with E-state index in [1.165, 1.54) is 0 Å². The molecule has 1 aliphatic heterocycles. The summed E-state index contributed by atoms with van der Waals surface area (Å²) in [6, 6.07) is 7.11. The molecule has 0 atom stereocenters. The topological polar surface area (TPSA) is 82.7 Å². The van der Waals surface area contributed by atoms with E-state index in [1.54, 1.807) is 0 Å². The zero-order valence-corrected chi connectivity index (χ0v) is 15.0. The second-order valence-electron chi connectivity index (χ2n) is 6.59. The molecule has 3 amide bonds. The van der Waals surface area contributed by atoms with Crippen molar-refractivity contribution in [2.75, 3.05) is 44.6 Å². The van der Waals surface area contributed by atoms with E-state index in [2.05, 4.69) is 34.7 Å². The molecule has 2 rings (SSSR count). The fourth-order valence-electron chi connectivity index (χ4n) is 2.46. The van der Waals surface area contributed by atoms with E-state index in [0.717, 1.165) is 30.9 Å². The molecule has 138 valence electrons. The van der Waals surface area contributed by atoms with Crippen LogP contribution in [0.15, 0.2) is 24.3 Å². The molecule has 1 aromatic rings. The van der Waals surface area contributed by atoms with E-state index in [-0.39, 0.29) is 11.9 Å². The third kappa shape index (κ3) is 7.43. The van der Waals surface area contributed by atoms with E-state index >= 15 is 0 Å². The summed E-state index contributed by atoms with van der Waals surface area (Å²) in [5.74, 6) is 1.34. The Bertz CT molecular complexity index is 560. The predicted molar refractivity (Wildman–Crippen MR) is 97.9 cm³/mol. The molecule has 1 aliphatic rings. The number of anilines is 1. The van der Waals surface area contributed by atoms with Gasteiger partial charge in [0, 0.05) is 31.9 Å². The molecule has 0 radical (unpaired) electrons. The summed E-state index contributed by atoms with van der Waals surface area (Å²) < 4.78 is 5.61. The maximum absolute atomic E-state index is 11.9. The largest absolute Gasteiger partial charge is 0.493 e. The van der Waals surface area contributed by atoms with Gasteiger partial charge in [0.05, 0.1) is 13.2 Å². The molecule has 0 bridgehead atoms. The second kappa shape index (κ2) is 9.88. The molecule has 0 saturated carbocycles. The number of carbonyl (C=O) groups is 2. The monoisotopic (exact) mass is 348 g/mol. The van der Waals surface area contributed by atoms with Crippen LogP contribution in [0.4, 0.5) is 10.5 Å². The summed E-state index contributed by atoms with van der Waals surface area (Å²) in [6.45, 7) is 8.24. The molecule has 0 aliphatic carbocycles. The van der Waals surface area contributed by atoms with Gasteiger partial charge >= 0.3 is 6.03 Å². The van der Waals surface area contributed by atoms with Gasteiger partial charge in [0.25, 0.3) is 0 Å². The number of amides is 3. The van der Waals surface area contributed by atoms with Gasteiger partial charge in [-0.3, -0.25) is 9.69 Å². The number of hydrogen-bond donors (Lipinski definition) is 3. The normalized spacial score (nSPS) is 14.9. The standard InChI is InChI=1S/C18H28N4O3/c1-14(2)13-25-16-6-4-15(5-7-16)21-18(24)20-8-3-10-22-11-9-19-17(23)12-22/h4-7,14H,3,8-13H2,1-2H3,(H,19,23)(H2,20,21,24). The first-order chi connectivity index (χ1) is 12.0. The van der Waals surface area contributed by atoms with Crippen LogP contribution in [0, 0.1) is 5.92 Å². The Morgan fingerprint density at radius 1 is 1.32 bits per heavy atom. The molecule has 0 aromatic heterocycles. The number of piperazine rings is 1. The summed E-state index contributed by atoms with van der Waals surface area (Å²) in [6.07, 6.45) is 0.808. The molecule has 1 saturated heterocycles. The molecular weight excluding hydrogens is 320 g/mol. The molecule has 1 aromatic carbocycles. The fourth-order valence-corrected chi connectivity index (χ4v) is 2.46. The minimum Gasteiger partial charge on any atom is -0.493 e. The highest BCUT2D eigenvalue weighted by Crippen LogP contribution is 2.16. The van der Waals surface area contributed by atoms with Crippen molar-refractivity contribution in [1.29, 1.82) is 0 Å². The van der Waals surface area contributed by atoms with Gasteiger partial charge in [0.2, 0.25) is 5.91 Å². The Hall–Kier alpha value is -2.28. The number of nitrogens with zero attached hydrogens (tertiary/aromatic N) is 1. The number of nitrogens with one attached hydrogen (secondary N) is 3. The Balaban J connectivity index is 1.62. The molecule has 25 heavy (non-hydrogen) atoms. The summed E-state index contributed by atoms with van der Waals surface area (Å²) in [7, 11) is 0. The summed E-state index contributed by atoms with van der Waals surface area (Å²) in [5.41, 5.74) is 0.724. The SMILES string of the molecule is CC(C)COc1ccc(NC(=O)NCCCN2CCNC(=O)C2)cc1. The lowest BCUT2D eigenvalue weighted by atomic mass is 10.2. The minimum absolute atomic E-state index is 0.0674. The molecule has 1 heterocycles. The van der Waals surface area contributed by atoms with Crippen LogP contribution in [0.5, 0.6) is 5.75 Å². The van der Waals surface area contributed by atoms with E-state index in [9.17, 15) is 9.59 Å². The number of hydrogen-bond acceptors (Lipinski definition) is 4. The van der Waals surface area contributed by atoms with Crippen molar-refractivity contribution in [3.05, 3.63) is 24.3 Å². The van der Waals surface area contributed by atoms with E-state index in [0.29, 0.717) is 32.2 Å². The van der Waals surface area contributed by atoms with Crippen molar-refractivity contribution in [2.45, 2.75) is 20.3 Å².